The lowest BCUT2D eigenvalue weighted by molar-refractivity contribution is -0.123. The number of aromatic nitrogens is 3. The summed E-state index contributed by atoms with van der Waals surface area (Å²) in [5.74, 6) is 1.04. The molecule has 0 saturated carbocycles. The SMILES string of the molecule is O=C(Cc1cc(-c2nc(NCC3CCOCC3)cnc2Cl)c(Cl)cn1)[C@@H]1CNCCOC1. The third kappa shape index (κ3) is 6.14. The number of pyridine rings is 1. The molecule has 0 spiro atoms. The smallest absolute Gasteiger partial charge is 0.155 e. The molecule has 0 amide bonds. The van der Waals surface area contributed by atoms with Gasteiger partial charge in [0.15, 0.2) is 5.15 Å². The van der Waals surface area contributed by atoms with E-state index in [0.29, 0.717) is 53.5 Å². The lowest BCUT2D eigenvalue weighted by atomic mass is 10.00. The van der Waals surface area contributed by atoms with E-state index in [1.807, 2.05) is 0 Å². The van der Waals surface area contributed by atoms with E-state index in [0.717, 1.165) is 39.1 Å². The molecule has 2 aliphatic heterocycles. The topological polar surface area (TPSA) is 98.3 Å². The molecule has 172 valence electrons. The molecule has 0 unspecified atom stereocenters. The summed E-state index contributed by atoms with van der Waals surface area (Å²) in [6, 6.07) is 1.77. The highest BCUT2D eigenvalue weighted by atomic mass is 35.5. The van der Waals surface area contributed by atoms with E-state index in [1.165, 1.54) is 6.20 Å². The highest BCUT2D eigenvalue weighted by Gasteiger charge is 2.22. The number of nitrogens with zero attached hydrogens (tertiary/aromatic N) is 3. The number of ether oxygens (including phenoxy) is 2. The molecule has 10 heteroatoms. The summed E-state index contributed by atoms with van der Waals surface area (Å²) in [7, 11) is 0. The molecule has 2 saturated heterocycles. The molecule has 4 heterocycles. The molecular weight excluding hydrogens is 453 g/mol. The van der Waals surface area contributed by atoms with Crippen LogP contribution in [0.2, 0.25) is 10.2 Å². The van der Waals surface area contributed by atoms with Crippen LogP contribution in [-0.2, 0) is 20.7 Å². The van der Waals surface area contributed by atoms with Crippen molar-refractivity contribution in [3.63, 3.8) is 0 Å². The van der Waals surface area contributed by atoms with Gasteiger partial charge in [-0.15, -0.1) is 0 Å². The zero-order valence-corrected chi connectivity index (χ0v) is 19.3. The lowest BCUT2D eigenvalue weighted by Crippen LogP contribution is -2.30. The molecule has 2 fully saturated rings. The molecule has 0 aliphatic carbocycles. The minimum atomic E-state index is -0.195. The van der Waals surface area contributed by atoms with Crippen molar-refractivity contribution < 1.29 is 14.3 Å². The van der Waals surface area contributed by atoms with Gasteiger partial charge in [0.1, 0.15) is 17.3 Å². The summed E-state index contributed by atoms with van der Waals surface area (Å²) in [5.41, 5.74) is 1.67. The number of hydrogen-bond acceptors (Lipinski definition) is 8. The van der Waals surface area contributed by atoms with Crippen LogP contribution in [0, 0.1) is 11.8 Å². The second-order valence-electron chi connectivity index (χ2n) is 8.11. The fourth-order valence-electron chi connectivity index (χ4n) is 3.83. The summed E-state index contributed by atoms with van der Waals surface area (Å²) < 4.78 is 10.9. The van der Waals surface area contributed by atoms with Crippen molar-refractivity contribution in [2.75, 3.05) is 51.4 Å². The first-order chi connectivity index (χ1) is 15.6. The largest absolute Gasteiger partial charge is 0.381 e. The third-order valence-electron chi connectivity index (χ3n) is 5.75. The van der Waals surface area contributed by atoms with E-state index in [4.69, 9.17) is 32.7 Å². The monoisotopic (exact) mass is 479 g/mol. The van der Waals surface area contributed by atoms with Crippen molar-refractivity contribution in [3.8, 4) is 11.3 Å². The number of halogens is 2. The molecule has 2 N–H and O–H groups in total. The van der Waals surface area contributed by atoms with Gasteiger partial charge in [-0.1, -0.05) is 23.2 Å². The van der Waals surface area contributed by atoms with Crippen LogP contribution in [0.4, 0.5) is 5.82 Å². The average molecular weight is 480 g/mol. The molecule has 0 bridgehead atoms. The molecule has 2 aromatic heterocycles. The first-order valence-electron chi connectivity index (χ1n) is 10.9. The van der Waals surface area contributed by atoms with E-state index in [2.05, 4.69) is 25.6 Å². The minimum Gasteiger partial charge on any atom is -0.381 e. The summed E-state index contributed by atoms with van der Waals surface area (Å²) in [4.78, 5) is 26.0. The van der Waals surface area contributed by atoms with Crippen molar-refractivity contribution in [1.82, 2.24) is 20.3 Å². The van der Waals surface area contributed by atoms with Crippen LogP contribution in [0.5, 0.6) is 0 Å². The van der Waals surface area contributed by atoms with Gasteiger partial charge in [0.05, 0.1) is 30.4 Å². The maximum Gasteiger partial charge on any atom is 0.155 e. The highest BCUT2D eigenvalue weighted by molar-refractivity contribution is 6.35. The Morgan fingerprint density at radius 3 is 2.84 bits per heavy atom. The second kappa shape index (κ2) is 11.3. The van der Waals surface area contributed by atoms with Crippen LogP contribution in [0.15, 0.2) is 18.5 Å². The maximum absolute atomic E-state index is 12.7. The quantitative estimate of drug-likeness (QED) is 0.624. The average Bonchev–Trinajstić information content (AvgIpc) is 3.10. The number of nitrogens with one attached hydrogen (secondary N) is 2. The van der Waals surface area contributed by atoms with Crippen LogP contribution in [0.3, 0.4) is 0 Å². The van der Waals surface area contributed by atoms with Gasteiger partial charge < -0.3 is 20.1 Å². The van der Waals surface area contributed by atoms with Gasteiger partial charge in [-0.3, -0.25) is 9.78 Å². The van der Waals surface area contributed by atoms with Crippen LogP contribution >= 0.6 is 23.2 Å². The second-order valence-corrected chi connectivity index (χ2v) is 8.87. The maximum atomic E-state index is 12.7. The van der Waals surface area contributed by atoms with Crippen LogP contribution in [0.1, 0.15) is 18.5 Å². The molecule has 4 rings (SSSR count). The summed E-state index contributed by atoms with van der Waals surface area (Å²) in [5, 5.41) is 7.21. The van der Waals surface area contributed by atoms with Crippen molar-refractivity contribution in [3.05, 3.63) is 34.3 Å². The van der Waals surface area contributed by atoms with E-state index in [1.54, 1.807) is 12.3 Å². The van der Waals surface area contributed by atoms with Crippen LogP contribution < -0.4 is 10.6 Å². The van der Waals surface area contributed by atoms with Crippen molar-refractivity contribution in [2.45, 2.75) is 19.3 Å². The van der Waals surface area contributed by atoms with E-state index in [-0.39, 0.29) is 23.3 Å². The summed E-state index contributed by atoms with van der Waals surface area (Å²) >= 11 is 12.8. The molecule has 2 aromatic rings. The van der Waals surface area contributed by atoms with E-state index >= 15 is 0 Å². The number of ketones is 1. The minimum absolute atomic E-state index is 0.0734. The van der Waals surface area contributed by atoms with Gasteiger partial charge in [0.25, 0.3) is 0 Å². The van der Waals surface area contributed by atoms with Crippen molar-refractivity contribution in [1.29, 1.82) is 0 Å². The zero-order valence-electron chi connectivity index (χ0n) is 17.8. The normalized spacial score (nSPS) is 20.0. The van der Waals surface area contributed by atoms with Gasteiger partial charge in [0.2, 0.25) is 0 Å². The summed E-state index contributed by atoms with van der Waals surface area (Å²) in [6.07, 6.45) is 5.38. The molecular formula is C22H27Cl2N5O3. The third-order valence-corrected chi connectivity index (χ3v) is 6.33. The van der Waals surface area contributed by atoms with Crippen molar-refractivity contribution >= 4 is 34.8 Å². The Hall–Kier alpha value is -1.84. The van der Waals surface area contributed by atoms with Crippen LogP contribution in [0.25, 0.3) is 11.3 Å². The van der Waals surface area contributed by atoms with Crippen LogP contribution in [-0.4, -0.2) is 66.8 Å². The van der Waals surface area contributed by atoms with E-state index in [9.17, 15) is 4.79 Å². The Morgan fingerprint density at radius 1 is 1.16 bits per heavy atom. The van der Waals surface area contributed by atoms with Gasteiger partial charge in [-0.25, -0.2) is 9.97 Å². The number of carbonyl (C=O) groups is 1. The Kier molecular flexibility index (Phi) is 8.26. The van der Waals surface area contributed by atoms with Gasteiger partial charge in [-0.2, -0.15) is 0 Å². The Bertz CT molecular complexity index is 932. The van der Waals surface area contributed by atoms with Gasteiger partial charge in [0, 0.05) is 56.7 Å². The molecule has 0 aromatic carbocycles. The lowest BCUT2D eigenvalue weighted by Gasteiger charge is -2.22. The number of anilines is 1. The Labute approximate surface area is 197 Å². The highest BCUT2D eigenvalue weighted by Crippen LogP contribution is 2.32. The predicted molar refractivity (Wildman–Crippen MR) is 123 cm³/mol. The first kappa shape index (κ1) is 23.3. The zero-order chi connectivity index (χ0) is 22.3. The van der Waals surface area contributed by atoms with Crippen molar-refractivity contribution in [2.24, 2.45) is 11.8 Å². The van der Waals surface area contributed by atoms with Gasteiger partial charge >= 0.3 is 0 Å². The number of hydrogen-bond donors (Lipinski definition) is 2. The molecule has 8 nitrogen and oxygen atoms in total. The number of Topliss-reactive ketones (excluding diaryl/α,β-unsaturated/α-hetero) is 1. The summed E-state index contributed by atoms with van der Waals surface area (Å²) in [6.45, 7) is 4.77. The molecule has 32 heavy (non-hydrogen) atoms. The van der Waals surface area contributed by atoms with Gasteiger partial charge in [-0.05, 0) is 24.8 Å². The number of rotatable bonds is 7. The molecule has 1 atom stereocenters. The molecule has 0 radical (unpaired) electrons. The first-order valence-corrected chi connectivity index (χ1v) is 11.7. The predicted octanol–water partition coefficient (Wildman–Crippen LogP) is 3.03. The fraction of sp³-hybridized carbons (Fsp3) is 0.545. The Balaban J connectivity index is 1.49. The standard InChI is InChI=1S/C22H27Cl2N5O3/c23-18-11-26-16(8-19(30)15-10-25-3-6-32-13-15)7-17(18)21-22(24)28-12-20(29-21)27-9-14-1-4-31-5-2-14/h7,11-12,14-15,25H,1-6,8-10,13H2,(H,27,29)/t15-/m1/s1. The Morgan fingerprint density at radius 2 is 2.00 bits per heavy atom. The van der Waals surface area contributed by atoms with E-state index < -0.39 is 0 Å². The number of carbonyl (C=O) groups excluding carboxylic acids is 1. The fourth-order valence-corrected chi connectivity index (χ4v) is 4.21. The molecule has 2 aliphatic rings.